The Balaban J connectivity index is 1.43. The maximum Gasteiger partial charge on any atom is 0.344 e. The Labute approximate surface area is 253 Å². The molecule has 2 atom stereocenters. The summed E-state index contributed by atoms with van der Waals surface area (Å²) >= 11 is 0. The molecule has 0 saturated heterocycles. The van der Waals surface area contributed by atoms with E-state index in [0.717, 1.165) is 36.0 Å². The maximum absolute atomic E-state index is 13.5. The molecule has 2 aliphatic rings. The number of methoxy groups -OCH3 is 3. The number of nitrogens with one attached hydrogen (secondary N) is 1. The van der Waals surface area contributed by atoms with Gasteiger partial charge in [-0.2, -0.15) is 0 Å². The van der Waals surface area contributed by atoms with Crippen LogP contribution in [0.2, 0.25) is 0 Å². The Morgan fingerprint density at radius 1 is 0.860 bits per heavy atom. The van der Waals surface area contributed by atoms with Crippen LogP contribution in [0.5, 0.6) is 23.0 Å². The van der Waals surface area contributed by atoms with Crippen molar-refractivity contribution in [2.45, 2.75) is 44.7 Å². The molecule has 0 bridgehead atoms. The predicted molar refractivity (Wildman–Crippen MR) is 162 cm³/mol. The van der Waals surface area contributed by atoms with Gasteiger partial charge in [-0.25, -0.2) is 4.79 Å². The van der Waals surface area contributed by atoms with Crippen molar-refractivity contribution in [3.05, 3.63) is 82.4 Å². The number of ether oxygens (including phenoxy) is 5. The molecule has 3 aromatic rings. The van der Waals surface area contributed by atoms with Crippen LogP contribution < -0.4 is 24.3 Å². The Bertz CT molecular complexity index is 1460. The van der Waals surface area contributed by atoms with E-state index in [0.29, 0.717) is 36.0 Å². The maximum atomic E-state index is 13.5. The van der Waals surface area contributed by atoms with Gasteiger partial charge in [0, 0.05) is 12.6 Å². The van der Waals surface area contributed by atoms with Crippen LogP contribution in [-0.4, -0.2) is 64.4 Å². The number of hydrogen-bond acceptors (Lipinski definition) is 8. The van der Waals surface area contributed by atoms with Crippen LogP contribution in [0.25, 0.3) is 0 Å². The standard InChI is InChI=1S/C34H40N2O7/c1-5-42-34(38)21-43-32-19-26-24(18-31(32)41-4)14-15-36(28(26)16-22-10-13-29(39-2)30(17-22)40-3)20-33(37)35-27-12-11-23-8-6-7-9-25(23)27/h6-10,13,17-19,27-28H,5,11-12,14-16,20-21H2,1-4H3,(H,35,37). The minimum atomic E-state index is -0.448. The molecule has 1 heterocycles. The summed E-state index contributed by atoms with van der Waals surface area (Å²) in [5.41, 5.74) is 5.69. The number of carbonyl (C=O) groups excluding carboxylic acids is 2. The Kier molecular flexibility index (Phi) is 9.72. The fraction of sp³-hybridized carbons (Fsp3) is 0.412. The molecular formula is C34H40N2O7. The molecule has 1 N–H and O–H groups in total. The van der Waals surface area contributed by atoms with Crippen molar-refractivity contribution in [1.82, 2.24) is 10.2 Å². The van der Waals surface area contributed by atoms with Gasteiger partial charge in [0.15, 0.2) is 29.6 Å². The molecule has 1 aliphatic heterocycles. The molecule has 0 fully saturated rings. The topological polar surface area (TPSA) is 95.6 Å². The summed E-state index contributed by atoms with van der Waals surface area (Å²) in [6.45, 7) is 2.76. The monoisotopic (exact) mass is 588 g/mol. The quantitative estimate of drug-likeness (QED) is 0.307. The van der Waals surface area contributed by atoms with Crippen LogP contribution in [0.3, 0.4) is 0 Å². The van der Waals surface area contributed by atoms with Crippen molar-refractivity contribution in [1.29, 1.82) is 0 Å². The van der Waals surface area contributed by atoms with Crippen molar-refractivity contribution < 1.29 is 33.3 Å². The third-order valence-electron chi connectivity index (χ3n) is 8.24. The van der Waals surface area contributed by atoms with E-state index in [4.69, 9.17) is 23.7 Å². The number of rotatable bonds is 12. The zero-order valence-electron chi connectivity index (χ0n) is 25.3. The Morgan fingerprint density at radius 3 is 2.40 bits per heavy atom. The van der Waals surface area contributed by atoms with Crippen LogP contribution in [0.1, 0.15) is 53.2 Å². The summed E-state index contributed by atoms with van der Waals surface area (Å²) in [6.07, 6.45) is 3.24. The van der Waals surface area contributed by atoms with E-state index in [1.807, 2.05) is 42.5 Å². The highest BCUT2D eigenvalue weighted by atomic mass is 16.6. The van der Waals surface area contributed by atoms with E-state index in [2.05, 4.69) is 22.3 Å². The molecule has 9 heteroatoms. The van der Waals surface area contributed by atoms with Gasteiger partial charge in [0.2, 0.25) is 5.91 Å². The third-order valence-corrected chi connectivity index (χ3v) is 8.24. The summed E-state index contributed by atoms with van der Waals surface area (Å²) in [4.78, 5) is 27.8. The van der Waals surface area contributed by atoms with Gasteiger partial charge < -0.3 is 29.0 Å². The molecule has 0 saturated carbocycles. The second kappa shape index (κ2) is 13.8. The van der Waals surface area contributed by atoms with Gasteiger partial charge in [-0.1, -0.05) is 30.3 Å². The van der Waals surface area contributed by atoms with E-state index in [1.54, 1.807) is 28.3 Å². The summed E-state index contributed by atoms with van der Waals surface area (Å²) in [7, 11) is 4.82. The van der Waals surface area contributed by atoms with Crippen molar-refractivity contribution >= 4 is 11.9 Å². The minimum absolute atomic E-state index is 0.00485. The summed E-state index contributed by atoms with van der Waals surface area (Å²) in [6, 6.07) is 18.0. The lowest BCUT2D eigenvalue weighted by Gasteiger charge is -2.38. The average molecular weight is 589 g/mol. The van der Waals surface area contributed by atoms with Gasteiger partial charge in [0.1, 0.15) is 0 Å². The normalized spacial score (nSPS) is 17.4. The molecule has 1 amide bonds. The zero-order chi connectivity index (χ0) is 30.3. The first-order chi connectivity index (χ1) is 20.9. The van der Waals surface area contributed by atoms with Gasteiger partial charge in [-0.15, -0.1) is 0 Å². The van der Waals surface area contributed by atoms with Crippen molar-refractivity contribution in [2.75, 3.05) is 47.6 Å². The van der Waals surface area contributed by atoms with Crippen LogP contribution in [0, 0.1) is 0 Å². The molecule has 0 radical (unpaired) electrons. The van der Waals surface area contributed by atoms with E-state index in [9.17, 15) is 9.59 Å². The molecule has 0 aromatic heterocycles. The SMILES string of the molecule is CCOC(=O)COc1cc2c(cc1OC)CCN(CC(=O)NC1CCc3ccccc31)C2Cc1ccc(OC)c(OC)c1. The van der Waals surface area contributed by atoms with Crippen LogP contribution in [0.4, 0.5) is 0 Å². The molecule has 1 aliphatic carbocycles. The van der Waals surface area contributed by atoms with Gasteiger partial charge >= 0.3 is 5.97 Å². The van der Waals surface area contributed by atoms with Gasteiger partial charge in [0.05, 0.1) is 40.5 Å². The number of fused-ring (bicyclic) bond motifs is 2. The number of esters is 1. The molecular weight excluding hydrogens is 548 g/mol. The summed E-state index contributed by atoms with van der Waals surface area (Å²) < 4.78 is 27.6. The molecule has 43 heavy (non-hydrogen) atoms. The largest absolute Gasteiger partial charge is 0.493 e. The van der Waals surface area contributed by atoms with Crippen molar-refractivity contribution in [2.24, 2.45) is 0 Å². The van der Waals surface area contributed by atoms with Crippen molar-refractivity contribution in [3.63, 3.8) is 0 Å². The zero-order valence-corrected chi connectivity index (χ0v) is 25.3. The lowest BCUT2D eigenvalue weighted by atomic mass is 9.88. The van der Waals surface area contributed by atoms with Gasteiger partial charge in [-0.05, 0) is 84.7 Å². The highest BCUT2D eigenvalue weighted by Gasteiger charge is 2.32. The van der Waals surface area contributed by atoms with Crippen LogP contribution >= 0.6 is 0 Å². The molecule has 3 aromatic carbocycles. The highest BCUT2D eigenvalue weighted by Crippen LogP contribution is 2.40. The first-order valence-corrected chi connectivity index (χ1v) is 14.7. The highest BCUT2D eigenvalue weighted by molar-refractivity contribution is 5.79. The molecule has 228 valence electrons. The van der Waals surface area contributed by atoms with Gasteiger partial charge in [-0.3, -0.25) is 9.69 Å². The Morgan fingerprint density at radius 2 is 1.63 bits per heavy atom. The third kappa shape index (κ3) is 6.88. The lowest BCUT2D eigenvalue weighted by Crippen LogP contribution is -2.44. The lowest BCUT2D eigenvalue weighted by molar-refractivity contribution is -0.145. The van der Waals surface area contributed by atoms with Gasteiger partial charge in [0.25, 0.3) is 0 Å². The molecule has 9 nitrogen and oxygen atoms in total. The van der Waals surface area contributed by atoms with E-state index >= 15 is 0 Å². The number of aryl methyl sites for hydroxylation is 1. The first-order valence-electron chi connectivity index (χ1n) is 14.7. The molecule has 2 unspecified atom stereocenters. The number of nitrogens with zero attached hydrogens (tertiary/aromatic N) is 1. The number of amides is 1. The Hall–Kier alpha value is -4.24. The smallest absolute Gasteiger partial charge is 0.344 e. The van der Waals surface area contributed by atoms with E-state index in [1.165, 1.54) is 11.1 Å². The van der Waals surface area contributed by atoms with E-state index in [-0.39, 0.29) is 37.7 Å². The molecule has 5 rings (SSSR count). The molecule has 0 spiro atoms. The van der Waals surface area contributed by atoms with Crippen molar-refractivity contribution in [3.8, 4) is 23.0 Å². The second-order valence-electron chi connectivity index (χ2n) is 10.8. The number of carbonyl (C=O) groups is 2. The van der Waals surface area contributed by atoms with E-state index < -0.39 is 5.97 Å². The second-order valence-corrected chi connectivity index (χ2v) is 10.8. The predicted octanol–water partition coefficient (Wildman–Crippen LogP) is 4.60. The number of benzene rings is 3. The van der Waals surface area contributed by atoms with Crippen LogP contribution in [0.15, 0.2) is 54.6 Å². The fourth-order valence-corrected chi connectivity index (χ4v) is 6.16. The average Bonchev–Trinajstić information content (AvgIpc) is 3.43. The fourth-order valence-electron chi connectivity index (χ4n) is 6.16. The minimum Gasteiger partial charge on any atom is -0.493 e. The van der Waals surface area contributed by atoms with Crippen LogP contribution in [-0.2, 0) is 33.6 Å². The number of hydrogen-bond donors (Lipinski definition) is 1. The summed E-state index contributed by atoms with van der Waals surface area (Å²) in [5.74, 6) is 1.86. The summed E-state index contributed by atoms with van der Waals surface area (Å²) in [5, 5.41) is 3.29. The first kappa shape index (κ1) is 30.2.